The highest BCUT2D eigenvalue weighted by atomic mass is 32.1. The molecule has 1 heterocycles. The molecular formula is C16H17NO3S. The number of aliphatic carboxylic acids is 1. The molecule has 0 aliphatic rings. The van der Waals surface area contributed by atoms with Gasteiger partial charge in [0, 0.05) is 6.08 Å². The molecule has 21 heavy (non-hydrogen) atoms. The van der Waals surface area contributed by atoms with Gasteiger partial charge in [-0.3, -0.25) is 0 Å². The highest BCUT2D eigenvalue weighted by molar-refractivity contribution is 7.12. The van der Waals surface area contributed by atoms with E-state index in [-0.39, 0.29) is 0 Å². The van der Waals surface area contributed by atoms with Crippen LogP contribution in [0, 0.1) is 6.92 Å². The van der Waals surface area contributed by atoms with E-state index in [0.717, 1.165) is 33.8 Å². The Labute approximate surface area is 127 Å². The molecule has 0 fully saturated rings. The number of ether oxygens (including phenoxy) is 1. The van der Waals surface area contributed by atoms with Gasteiger partial charge < -0.3 is 9.84 Å². The molecular weight excluding hydrogens is 286 g/mol. The monoisotopic (exact) mass is 303 g/mol. The molecule has 1 aromatic heterocycles. The molecule has 0 saturated carbocycles. The van der Waals surface area contributed by atoms with E-state index in [1.807, 2.05) is 31.2 Å². The van der Waals surface area contributed by atoms with Crippen molar-refractivity contribution in [1.82, 2.24) is 4.98 Å². The predicted molar refractivity (Wildman–Crippen MR) is 83.7 cm³/mol. The van der Waals surface area contributed by atoms with Gasteiger partial charge in [-0.25, -0.2) is 9.78 Å². The van der Waals surface area contributed by atoms with Crippen LogP contribution < -0.4 is 4.74 Å². The first-order chi connectivity index (χ1) is 10.1. The number of carboxylic acid groups (broad SMARTS) is 1. The topological polar surface area (TPSA) is 59.4 Å². The lowest BCUT2D eigenvalue weighted by Gasteiger charge is -2.04. The molecule has 0 atom stereocenters. The summed E-state index contributed by atoms with van der Waals surface area (Å²) in [5.41, 5.74) is 2.09. The number of hydrogen-bond donors (Lipinski definition) is 1. The fourth-order valence-electron chi connectivity index (χ4n) is 1.80. The van der Waals surface area contributed by atoms with Crippen LogP contribution >= 0.6 is 11.3 Å². The zero-order chi connectivity index (χ0) is 15.2. The molecule has 1 N–H and O–H groups in total. The summed E-state index contributed by atoms with van der Waals surface area (Å²) < 4.78 is 5.69. The van der Waals surface area contributed by atoms with Crippen LogP contribution in [0.2, 0.25) is 0 Å². The molecule has 110 valence electrons. The number of carbonyl (C=O) groups is 1. The number of benzene rings is 1. The molecule has 2 aromatic rings. The predicted octanol–water partition coefficient (Wildman–Crippen LogP) is 3.69. The Hall–Kier alpha value is -2.14. The van der Waals surface area contributed by atoms with E-state index in [9.17, 15) is 4.79 Å². The van der Waals surface area contributed by atoms with Crippen molar-refractivity contribution in [3.8, 4) is 5.75 Å². The van der Waals surface area contributed by atoms with Crippen molar-refractivity contribution in [2.45, 2.75) is 26.9 Å². The SMILES string of the molecule is CCc1ccc(OCc2nc(C)c(/C=C/C(=O)O)s2)cc1. The van der Waals surface area contributed by atoms with Gasteiger partial charge in [0.25, 0.3) is 0 Å². The smallest absolute Gasteiger partial charge is 0.328 e. The summed E-state index contributed by atoms with van der Waals surface area (Å²) in [6.45, 7) is 4.36. The molecule has 5 heteroatoms. The number of nitrogens with zero attached hydrogens (tertiary/aromatic N) is 1. The zero-order valence-electron chi connectivity index (χ0n) is 12.0. The van der Waals surface area contributed by atoms with Crippen molar-refractivity contribution in [3.63, 3.8) is 0 Å². The van der Waals surface area contributed by atoms with E-state index in [4.69, 9.17) is 9.84 Å². The molecule has 4 nitrogen and oxygen atoms in total. The summed E-state index contributed by atoms with van der Waals surface area (Å²) in [4.78, 5) is 15.8. The van der Waals surface area contributed by atoms with Crippen molar-refractivity contribution >= 4 is 23.4 Å². The Morgan fingerprint density at radius 1 is 1.38 bits per heavy atom. The first-order valence-electron chi connectivity index (χ1n) is 6.67. The summed E-state index contributed by atoms with van der Waals surface area (Å²) in [6, 6.07) is 7.99. The molecule has 1 aromatic carbocycles. The van der Waals surface area contributed by atoms with Crippen LogP contribution in [0.5, 0.6) is 5.75 Å². The van der Waals surface area contributed by atoms with Crippen LogP contribution in [0.3, 0.4) is 0 Å². The lowest BCUT2D eigenvalue weighted by Crippen LogP contribution is -1.94. The standard InChI is InChI=1S/C16H17NO3S/c1-3-12-4-6-13(7-5-12)20-10-15-17-11(2)14(21-15)8-9-16(18)19/h4-9H,3,10H2,1-2H3,(H,18,19)/b9-8+. The number of thiazole rings is 1. The van der Waals surface area contributed by atoms with Crippen LogP contribution in [-0.4, -0.2) is 16.1 Å². The van der Waals surface area contributed by atoms with Crippen LogP contribution in [0.4, 0.5) is 0 Å². The molecule has 2 rings (SSSR count). The van der Waals surface area contributed by atoms with E-state index in [0.29, 0.717) is 6.61 Å². The second-order valence-electron chi connectivity index (χ2n) is 4.52. The summed E-state index contributed by atoms with van der Waals surface area (Å²) in [7, 11) is 0. The number of aryl methyl sites for hydroxylation is 2. The van der Waals surface area contributed by atoms with E-state index >= 15 is 0 Å². The first kappa shape index (κ1) is 15.3. The molecule has 0 radical (unpaired) electrons. The Morgan fingerprint density at radius 2 is 2.10 bits per heavy atom. The largest absolute Gasteiger partial charge is 0.486 e. The van der Waals surface area contributed by atoms with E-state index in [1.165, 1.54) is 16.9 Å². The van der Waals surface area contributed by atoms with Gasteiger partial charge in [0.2, 0.25) is 0 Å². The maximum atomic E-state index is 10.5. The van der Waals surface area contributed by atoms with Crippen molar-refractivity contribution in [3.05, 3.63) is 51.5 Å². The molecule has 0 aliphatic heterocycles. The Kier molecular flexibility index (Phi) is 5.11. The second-order valence-corrected chi connectivity index (χ2v) is 5.63. The normalized spacial score (nSPS) is 11.0. The van der Waals surface area contributed by atoms with Crippen LogP contribution in [-0.2, 0) is 17.8 Å². The quantitative estimate of drug-likeness (QED) is 0.827. The number of carboxylic acids is 1. The van der Waals surface area contributed by atoms with Crippen LogP contribution in [0.1, 0.15) is 28.1 Å². The minimum Gasteiger partial charge on any atom is -0.486 e. The second kappa shape index (κ2) is 7.04. The van der Waals surface area contributed by atoms with Gasteiger partial charge in [-0.1, -0.05) is 19.1 Å². The third-order valence-electron chi connectivity index (χ3n) is 2.95. The van der Waals surface area contributed by atoms with Crippen molar-refractivity contribution in [2.24, 2.45) is 0 Å². The van der Waals surface area contributed by atoms with E-state index < -0.39 is 5.97 Å². The van der Waals surface area contributed by atoms with Gasteiger partial charge in [-0.2, -0.15) is 0 Å². The van der Waals surface area contributed by atoms with Gasteiger partial charge in [-0.15, -0.1) is 11.3 Å². The fourth-order valence-corrected chi connectivity index (χ4v) is 2.68. The van der Waals surface area contributed by atoms with Gasteiger partial charge in [0.15, 0.2) is 0 Å². The minimum atomic E-state index is -0.961. The van der Waals surface area contributed by atoms with Gasteiger partial charge in [-0.05, 0) is 37.1 Å². The van der Waals surface area contributed by atoms with Crippen LogP contribution in [0.15, 0.2) is 30.3 Å². The minimum absolute atomic E-state index is 0.387. The number of aromatic nitrogens is 1. The third-order valence-corrected chi connectivity index (χ3v) is 4.04. The van der Waals surface area contributed by atoms with Gasteiger partial charge >= 0.3 is 5.97 Å². The van der Waals surface area contributed by atoms with E-state index in [1.54, 1.807) is 6.08 Å². The summed E-state index contributed by atoms with van der Waals surface area (Å²) >= 11 is 1.44. The van der Waals surface area contributed by atoms with Gasteiger partial charge in [0.05, 0.1) is 10.6 Å². The summed E-state index contributed by atoms with van der Waals surface area (Å²) in [5, 5.41) is 9.47. The molecule has 0 bridgehead atoms. The Morgan fingerprint density at radius 3 is 2.71 bits per heavy atom. The highest BCUT2D eigenvalue weighted by Gasteiger charge is 2.06. The van der Waals surface area contributed by atoms with Crippen LogP contribution in [0.25, 0.3) is 6.08 Å². The lowest BCUT2D eigenvalue weighted by atomic mass is 10.2. The van der Waals surface area contributed by atoms with Crippen molar-refractivity contribution in [2.75, 3.05) is 0 Å². The molecule has 0 amide bonds. The van der Waals surface area contributed by atoms with Crippen molar-refractivity contribution < 1.29 is 14.6 Å². The van der Waals surface area contributed by atoms with Gasteiger partial charge in [0.1, 0.15) is 17.4 Å². The molecule has 0 unspecified atom stereocenters. The average Bonchev–Trinajstić information content (AvgIpc) is 2.84. The highest BCUT2D eigenvalue weighted by Crippen LogP contribution is 2.21. The average molecular weight is 303 g/mol. The Balaban J connectivity index is 1.99. The Bertz CT molecular complexity index is 644. The first-order valence-corrected chi connectivity index (χ1v) is 7.49. The maximum Gasteiger partial charge on any atom is 0.328 e. The zero-order valence-corrected chi connectivity index (χ0v) is 12.8. The van der Waals surface area contributed by atoms with Crippen molar-refractivity contribution in [1.29, 1.82) is 0 Å². The third kappa shape index (κ3) is 4.43. The molecule has 0 spiro atoms. The summed E-state index contributed by atoms with van der Waals surface area (Å²) in [5.74, 6) is -0.153. The van der Waals surface area contributed by atoms with E-state index in [2.05, 4.69) is 11.9 Å². The number of rotatable bonds is 6. The number of hydrogen-bond acceptors (Lipinski definition) is 4. The maximum absolute atomic E-state index is 10.5. The molecule has 0 saturated heterocycles. The fraction of sp³-hybridized carbons (Fsp3) is 0.250. The lowest BCUT2D eigenvalue weighted by molar-refractivity contribution is -0.131. The summed E-state index contributed by atoms with van der Waals surface area (Å²) in [6.07, 6.45) is 3.69. The molecule has 0 aliphatic carbocycles.